The highest BCUT2D eigenvalue weighted by Crippen LogP contribution is 2.15. The van der Waals surface area contributed by atoms with Gasteiger partial charge in [0, 0.05) is 6.04 Å². The summed E-state index contributed by atoms with van der Waals surface area (Å²) in [7, 11) is 0. The first-order valence-corrected chi connectivity index (χ1v) is 5.16. The minimum absolute atomic E-state index is 0.110. The van der Waals surface area contributed by atoms with Crippen molar-refractivity contribution in [1.82, 2.24) is 10.2 Å². The number of thiocarbonyl (C=S) groups is 1. The van der Waals surface area contributed by atoms with Crippen LogP contribution in [0.4, 0.5) is 0 Å². The summed E-state index contributed by atoms with van der Waals surface area (Å²) in [5, 5.41) is 3.56. The third kappa shape index (κ3) is 1.82. The Labute approximate surface area is 84.5 Å². The Balaban J connectivity index is 2.78. The van der Waals surface area contributed by atoms with Gasteiger partial charge in [0.15, 0.2) is 5.11 Å². The summed E-state index contributed by atoms with van der Waals surface area (Å²) in [4.78, 5) is 13.4. The summed E-state index contributed by atoms with van der Waals surface area (Å²) in [5.41, 5.74) is 0. The highest BCUT2D eigenvalue weighted by atomic mass is 32.1. The van der Waals surface area contributed by atoms with E-state index in [0.29, 0.717) is 5.11 Å². The van der Waals surface area contributed by atoms with Crippen LogP contribution < -0.4 is 5.32 Å². The number of hydrogen-bond acceptors (Lipinski definition) is 2. The van der Waals surface area contributed by atoms with Crippen molar-refractivity contribution < 1.29 is 4.79 Å². The molecule has 1 rings (SSSR count). The van der Waals surface area contributed by atoms with Crippen LogP contribution in [0.5, 0.6) is 0 Å². The number of nitrogens with zero attached hydrogens (tertiary/aromatic N) is 1. The van der Waals surface area contributed by atoms with Gasteiger partial charge in [-0.2, -0.15) is 0 Å². The maximum Gasteiger partial charge on any atom is 0.251 e. The van der Waals surface area contributed by atoms with Crippen molar-refractivity contribution in [3.05, 3.63) is 0 Å². The molecule has 0 spiro atoms. The highest BCUT2D eigenvalue weighted by Gasteiger charge is 2.35. The number of carbonyl (C=O) groups is 1. The predicted octanol–water partition coefficient (Wildman–Crippen LogP) is 1.28. The van der Waals surface area contributed by atoms with E-state index in [1.54, 1.807) is 4.90 Å². The fourth-order valence-corrected chi connectivity index (χ4v) is 2.04. The van der Waals surface area contributed by atoms with E-state index in [9.17, 15) is 4.79 Å². The van der Waals surface area contributed by atoms with E-state index in [4.69, 9.17) is 12.2 Å². The maximum absolute atomic E-state index is 11.7. The zero-order valence-corrected chi connectivity index (χ0v) is 9.15. The average molecular weight is 200 g/mol. The molecule has 4 heteroatoms. The van der Waals surface area contributed by atoms with Crippen molar-refractivity contribution in [2.75, 3.05) is 0 Å². The molecule has 13 heavy (non-hydrogen) atoms. The molecule has 0 radical (unpaired) electrons. The average Bonchev–Trinajstić information content (AvgIpc) is 2.34. The first kappa shape index (κ1) is 10.4. The number of rotatable bonds is 3. The van der Waals surface area contributed by atoms with Crippen LogP contribution in [0.3, 0.4) is 0 Å². The summed E-state index contributed by atoms with van der Waals surface area (Å²) >= 11 is 5.10. The van der Waals surface area contributed by atoms with Crippen LogP contribution in [0.1, 0.15) is 33.6 Å². The SMILES string of the molecule is CCC(CC)N1C(=O)C(C)NC1=S. The molecule has 1 N–H and O–H groups in total. The molecule has 74 valence electrons. The minimum atomic E-state index is -0.145. The van der Waals surface area contributed by atoms with Gasteiger partial charge in [0.05, 0.1) is 0 Å². The van der Waals surface area contributed by atoms with Gasteiger partial charge >= 0.3 is 0 Å². The Hall–Kier alpha value is -0.640. The van der Waals surface area contributed by atoms with E-state index in [1.165, 1.54) is 0 Å². The molecule has 0 aromatic rings. The largest absolute Gasteiger partial charge is 0.351 e. The van der Waals surface area contributed by atoms with Crippen molar-refractivity contribution in [3.63, 3.8) is 0 Å². The first-order valence-electron chi connectivity index (χ1n) is 4.75. The lowest BCUT2D eigenvalue weighted by Crippen LogP contribution is -2.39. The molecular weight excluding hydrogens is 184 g/mol. The normalized spacial score (nSPS) is 22.8. The molecule has 0 aromatic heterocycles. The summed E-state index contributed by atoms with van der Waals surface area (Å²) in [6.45, 7) is 6.00. The van der Waals surface area contributed by atoms with Gasteiger partial charge in [-0.3, -0.25) is 9.69 Å². The van der Waals surface area contributed by atoms with Crippen LogP contribution in [-0.4, -0.2) is 28.0 Å². The smallest absolute Gasteiger partial charge is 0.251 e. The second-order valence-electron chi connectivity index (χ2n) is 3.35. The number of carbonyl (C=O) groups excluding carboxylic acids is 1. The standard InChI is InChI=1S/C9H16N2OS/c1-4-7(5-2)11-8(12)6(3)10-9(11)13/h6-7H,4-5H2,1-3H3,(H,10,13). The number of hydrogen-bond donors (Lipinski definition) is 1. The number of nitrogens with one attached hydrogen (secondary N) is 1. The lowest BCUT2D eigenvalue weighted by atomic mass is 10.1. The minimum Gasteiger partial charge on any atom is -0.351 e. The second kappa shape index (κ2) is 4.05. The van der Waals surface area contributed by atoms with E-state index in [1.807, 2.05) is 6.92 Å². The van der Waals surface area contributed by atoms with Crippen LogP contribution in [0.15, 0.2) is 0 Å². The van der Waals surface area contributed by atoms with Gasteiger partial charge in [-0.1, -0.05) is 13.8 Å². The molecule has 1 amide bonds. The van der Waals surface area contributed by atoms with E-state index < -0.39 is 0 Å². The first-order chi connectivity index (χ1) is 6.11. The second-order valence-corrected chi connectivity index (χ2v) is 3.74. The van der Waals surface area contributed by atoms with Crippen molar-refractivity contribution in [1.29, 1.82) is 0 Å². The molecule has 0 aromatic carbocycles. The van der Waals surface area contributed by atoms with Crippen molar-refractivity contribution in [2.45, 2.75) is 45.7 Å². The summed E-state index contributed by atoms with van der Waals surface area (Å²) < 4.78 is 0. The molecule has 0 saturated carbocycles. The van der Waals surface area contributed by atoms with Crippen LogP contribution in [0.2, 0.25) is 0 Å². The maximum atomic E-state index is 11.7. The van der Waals surface area contributed by atoms with Crippen LogP contribution in [-0.2, 0) is 4.79 Å². The molecule has 1 saturated heterocycles. The number of amides is 1. The van der Waals surface area contributed by atoms with E-state index in [2.05, 4.69) is 19.2 Å². The Bertz CT molecular complexity index is 226. The molecule has 3 nitrogen and oxygen atoms in total. The molecule has 0 aliphatic carbocycles. The molecule has 1 aliphatic rings. The van der Waals surface area contributed by atoms with E-state index >= 15 is 0 Å². The van der Waals surface area contributed by atoms with Crippen molar-refractivity contribution in [3.8, 4) is 0 Å². The van der Waals surface area contributed by atoms with Crippen LogP contribution in [0.25, 0.3) is 0 Å². The lowest BCUT2D eigenvalue weighted by Gasteiger charge is -2.24. The van der Waals surface area contributed by atoms with E-state index in [0.717, 1.165) is 12.8 Å². The predicted molar refractivity (Wildman–Crippen MR) is 56.4 cm³/mol. The molecule has 1 unspecified atom stereocenters. The monoisotopic (exact) mass is 200 g/mol. The van der Waals surface area contributed by atoms with Gasteiger partial charge in [0.25, 0.3) is 5.91 Å². The third-order valence-electron chi connectivity index (χ3n) is 2.47. The Morgan fingerprint density at radius 1 is 1.54 bits per heavy atom. The van der Waals surface area contributed by atoms with Gasteiger partial charge in [-0.25, -0.2) is 0 Å². The van der Waals surface area contributed by atoms with Gasteiger partial charge in [-0.05, 0) is 32.0 Å². The fraction of sp³-hybridized carbons (Fsp3) is 0.778. The van der Waals surface area contributed by atoms with E-state index in [-0.39, 0.29) is 18.0 Å². The van der Waals surface area contributed by atoms with Crippen molar-refractivity contribution in [2.24, 2.45) is 0 Å². The molecular formula is C9H16N2OS. The fourth-order valence-electron chi connectivity index (χ4n) is 1.62. The lowest BCUT2D eigenvalue weighted by molar-refractivity contribution is -0.128. The molecule has 1 atom stereocenters. The Kier molecular flexibility index (Phi) is 3.25. The molecule has 1 fully saturated rings. The zero-order chi connectivity index (χ0) is 10.0. The molecule has 1 aliphatic heterocycles. The van der Waals surface area contributed by atoms with Gasteiger partial charge < -0.3 is 5.32 Å². The summed E-state index contributed by atoms with van der Waals surface area (Å²) in [5.74, 6) is 0.110. The highest BCUT2D eigenvalue weighted by molar-refractivity contribution is 7.80. The quantitative estimate of drug-likeness (QED) is 0.697. The molecule has 0 bridgehead atoms. The van der Waals surface area contributed by atoms with Crippen molar-refractivity contribution >= 4 is 23.2 Å². The Morgan fingerprint density at radius 3 is 2.38 bits per heavy atom. The third-order valence-corrected chi connectivity index (χ3v) is 2.79. The zero-order valence-electron chi connectivity index (χ0n) is 8.33. The Morgan fingerprint density at radius 2 is 2.08 bits per heavy atom. The van der Waals surface area contributed by atoms with Crippen LogP contribution in [0, 0.1) is 0 Å². The summed E-state index contributed by atoms with van der Waals surface area (Å²) in [6, 6.07) is 0.116. The van der Waals surface area contributed by atoms with Gasteiger partial charge in [-0.15, -0.1) is 0 Å². The van der Waals surface area contributed by atoms with Gasteiger partial charge in [0.1, 0.15) is 6.04 Å². The molecule has 1 heterocycles. The van der Waals surface area contributed by atoms with Crippen LogP contribution >= 0.6 is 12.2 Å². The summed E-state index contributed by atoms with van der Waals surface area (Å²) in [6.07, 6.45) is 1.91. The van der Waals surface area contributed by atoms with Gasteiger partial charge in [0.2, 0.25) is 0 Å². The topological polar surface area (TPSA) is 32.3 Å².